The van der Waals surface area contributed by atoms with E-state index in [-0.39, 0.29) is 0 Å². The lowest BCUT2D eigenvalue weighted by atomic mass is 10.1. The minimum absolute atomic E-state index is 0.672. The summed E-state index contributed by atoms with van der Waals surface area (Å²) in [6.07, 6.45) is 0.877. The van der Waals surface area contributed by atoms with Crippen LogP contribution in [0.25, 0.3) is 10.1 Å². The van der Waals surface area contributed by atoms with E-state index < -0.39 is 0 Å². The minimum Gasteiger partial charge on any atom is -0.298 e. The normalized spacial score (nSPS) is 10.7. The summed E-state index contributed by atoms with van der Waals surface area (Å²) >= 11 is 10.8. The molecule has 0 aliphatic rings. The number of hydrogen-bond donors (Lipinski definition) is 0. The molecule has 0 amide bonds. The van der Waals surface area contributed by atoms with E-state index in [1.54, 1.807) is 0 Å². The van der Waals surface area contributed by atoms with Crippen molar-refractivity contribution in [2.24, 2.45) is 0 Å². The average molecular weight is 290 g/mol. The number of hydrogen-bond acceptors (Lipinski definition) is 2. The molecule has 14 heavy (non-hydrogen) atoms. The zero-order valence-electron chi connectivity index (χ0n) is 7.09. The Morgan fingerprint density at radius 2 is 2.29 bits per heavy atom. The zero-order chi connectivity index (χ0) is 10.1. The molecule has 1 nitrogen and oxygen atoms in total. The van der Waals surface area contributed by atoms with Crippen LogP contribution in [-0.2, 0) is 5.33 Å². The lowest BCUT2D eigenvalue weighted by molar-refractivity contribution is 0.112. The zero-order valence-corrected chi connectivity index (χ0v) is 10.2. The first-order valence-corrected chi connectivity index (χ1v) is 6.30. The molecule has 0 bridgehead atoms. The highest BCUT2D eigenvalue weighted by atomic mass is 79.9. The third-order valence-corrected chi connectivity index (χ3v) is 3.87. The second-order valence-electron chi connectivity index (χ2n) is 2.85. The first kappa shape index (κ1) is 10.1. The van der Waals surface area contributed by atoms with Gasteiger partial charge < -0.3 is 0 Å². The van der Waals surface area contributed by atoms with Gasteiger partial charge in [-0.05, 0) is 29.1 Å². The van der Waals surface area contributed by atoms with Crippen LogP contribution in [0.4, 0.5) is 0 Å². The number of thiophene rings is 1. The SMILES string of the molecule is O=Cc1ccc2sc(Cl)cc2c1CBr. The van der Waals surface area contributed by atoms with Gasteiger partial charge in [-0.25, -0.2) is 0 Å². The van der Waals surface area contributed by atoms with E-state index in [2.05, 4.69) is 15.9 Å². The number of halogens is 2. The van der Waals surface area contributed by atoms with Gasteiger partial charge in [0.25, 0.3) is 0 Å². The smallest absolute Gasteiger partial charge is 0.150 e. The van der Waals surface area contributed by atoms with Crippen LogP contribution >= 0.6 is 38.9 Å². The molecule has 2 rings (SSSR count). The van der Waals surface area contributed by atoms with Crippen molar-refractivity contribution in [3.63, 3.8) is 0 Å². The molecular formula is C10H6BrClOS. The minimum atomic E-state index is 0.672. The summed E-state index contributed by atoms with van der Waals surface area (Å²) in [7, 11) is 0. The molecule has 0 unspecified atom stereocenters. The second-order valence-corrected chi connectivity index (χ2v) is 5.12. The number of benzene rings is 1. The predicted molar refractivity (Wildman–Crippen MR) is 64.9 cm³/mol. The number of rotatable bonds is 2. The van der Waals surface area contributed by atoms with E-state index >= 15 is 0 Å². The van der Waals surface area contributed by atoms with E-state index in [1.165, 1.54) is 11.3 Å². The Labute approximate surface area is 98.8 Å². The molecular weight excluding hydrogens is 284 g/mol. The van der Waals surface area contributed by atoms with Gasteiger partial charge in [0, 0.05) is 15.6 Å². The van der Waals surface area contributed by atoms with Crippen molar-refractivity contribution in [1.29, 1.82) is 0 Å². The Hall–Kier alpha value is -0.380. The Morgan fingerprint density at radius 1 is 1.50 bits per heavy atom. The molecule has 72 valence electrons. The third kappa shape index (κ3) is 1.60. The molecule has 0 aliphatic carbocycles. The Morgan fingerprint density at radius 3 is 2.93 bits per heavy atom. The van der Waals surface area contributed by atoms with Crippen molar-refractivity contribution >= 4 is 55.2 Å². The fourth-order valence-electron chi connectivity index (χ4n) is 1.41. The van der Waals surface area contributed by atoms with E-state index in [0.29, 0.717) is 5.33 Å². The van der Waals surface area contributed by atoms with Gasteiger partial charge in [0.1, 0.15) is 6.29 Å². The van der Waals surface area contributed by atoms with Crippen molar-refractivity contribution < 1.29 is 4.79 Å². The van der Waals surface area contributed by atoms with Crippen LogP contribution in [-0.4, -0.2) is 6.29 Å². The second kappa shape index (κ2) is 4.01. The number of carbonyl (C=O) groups excluding carboxylic acids is 1. The summed E-state index contributed by atoms with van der Waals surface area (Å²) in [4.78, 5) is 10.8. The number of fused-ring (bicyclic) bond motifs is 1. The first-order chi connectivity index (χ1) is 6.76. The molecule has 0 saturated carbocycles. The summed E-state index contributed by atoms with van der Waals surface area (Å²) < 4.78 is 1.88. The summed E-state index contributed by atoms with van der Waals surface area (Å²) in [6, 6.07) is 5.67. The van der Waals surface area contributed by atoms with E-state index in [4.69, 9.17) is 11.6 Å². The van der Waals surface area contributed by atoms with Gasteiger partial charge >= 0.3 is 0 Å². The highest BCUT2D eigenvalue weighted by molar-refractivity contribution is 9.08. The van der Waals surface area contributed by atoms with Crippen molar-refractivity contribution in [1.82, 2.24) is 0 Å². The van der Waals surface area contributed by atoms with Crippen molar-refractivity contribution in [3.05, 3.63) is 33.7 Å². The quantitative estimate of drug-likeness (QED) is 0.596. The summed E-state index contributed by atoms with van der Waals surface area (Å²) in [5.41, 5.74) is 1.74. The first-order valence-electron chi connectivity index (χ1n) is 3.98. The molecule has 0 N–H and O–H groups in total. The van der Waals surface area contributed by atoms with Gasteiger partial charge in [0.05, 0.1) is 4.34 Å². The largest absolute Gasteiger partial charge is 0.298 e. The van der Waals surface area contributed by atoms with Crippen LogP contribution in [0.3, 0.4) is 0 Å². The molecule has 2 aromatic rings. The van der Waals surface area contributed by atoms with Gasteiger partial charge in [0.15, 0.2) is 0 Å². The van der Waals surface area contributed by atoms with Crippen molar-refractivity contribution in [3.8, 4) is 0 Å². The third-order valence-electron chi connectivity index (χ3n) is 2.08. The topological polar surface area (TPSA) is 17.1 Å². The van der Waals surface area contributed by atoms with E-state index in [9.17, 15) is 4.79 Å². The maximum atomic E-state index is 10.8. The van der Waals surface area contributed by atoms with Crippen molar-refractivity contribution in [2.45, 2.75) is 5.33 Å². The molecule has 0 radical (unpaired) electrons. The van der Waals surface area contributed by atoms with Gasteiger partial charge in [0.2, 0.25) is 0 Å². The lowest BCUT2D eigenvalue weighted by Crippen LogP contribution is -1.88. The highest BCUT2D eigenvalue weighted by Gasteiger charge is 2.08. The molecule has 0 saturated heterocycles. The van der Waals surface area contributed by atoms with Crippen LogP contribution in [0.1, 0.15) is 15.9 Å². The fourth-order valence-corrected chi connectivity index (χ4v) is 3.21. The molecule has 0 spiro atoms. The number of alkyl halides is 1. The van der Waals surface area contributed by atoms with Crippen LogP contribution in [0.2, 0.25) is 4.34 Å². The maximum absolute atomic E-state index is 10.8. The van der Waals surface area contributed by atoms with Gasteiger partial charge in [-0.3, -0.25) is 4.79 Å². The Kier molecular flexibility index (Phi) is 2.91. The van der Waals surface area contributed by atoms with Crippen LogP contribution in [0.15, 0.2) is 18.2 Å². The van der Waals surface area contributed by atoms with E-state index in [1.807, 2.05) is 18.2 Å². The van der Waals surface area contributed by atoms with Crippen molar-refractivity contribution in [2.75, 3.05) is 0 Å². The van der Waals surface area contributed by atoms with Gasteiger partial charge in [-0.2, -0.15) is 0 Å². The molecule has 4 heteroatoms. The summed E-state index contributed by atoms with van der Waals surface area (Å²) in [5, 5.41) is 1.74. The molecule has 1 aromatic heterocycles. The fraction of sp³-hybridized carbons (Fsp3) is 0.100. The lowest BCUT2D eigenvalue weighted by Gasteiger charge is -2.01. The van der Waals surface area contributed by atoms with Crippen LogP contribution < -0.4 is 0 Å². The standard InChI is InChI=1S/C10H6BrClOS/c11-4-8-6(5-13)1-2-9-7(8)3-10(12)14-9/h1-3,5H,4H2. The monoisotopic (exact) mass is 288 g/mol. The highest BCUT2D eigenvalue weighted by Crippen LogP contribution is 2.33. The van der Waals surface area contributed by atoms with Crippen LogP contribution in [0.5, 0.6) is 0 Å². The number of carbonyl (C=O) groups is 1. The molecule has 0 fully saturated rings. The molecule has 1 aromatic carbocycles. The van der Waals surface area contributed by atoms with Gasteiger partial charge in [-0.1, -0.05) is 27.5 Å². The van der Waals surface area contributed by atoms with Gasteiger partial charge in [-0.15, -0.1) is 11.3 Å². The predicted octanol–water partition coefficient (Wildman–Crippen LogP) is 4.26. The average Bonchev–Trinajstić information content (AvgIpc) is 2.56. The Bertz CT molecular complexity index is 492. The summed E-state index contributed by atoms with van der Waals surface area (Å²) in [5.74, 6) is 0. The van der Waals surface area contributed by atoms with E-state index in [0.717, 1.165) is 31.8 Å². The molecule has 1 heterocycles. The maximum Gasteiger partial charge on any atom is 0.150 e. The molecule has 0 aliphatic heterocycles. The molecule has 0 atom stereocenters. The van der Waals surface area contributed by atoms with Crippen LogP contribution in [0, 0.1) is 0 Å². The summed E-state index contributed by atoms with van der Waals surface area (Å²) in [6.45, 7) is 0. The number of aldehydes is 1. The Balaban J connectivity index is 2.82.